The van der Waals surface area contributed by atoms with Gasteiger partial charge in [0.1, 0.15) is 0 Å². The maximum atomic E-state index is 5.86. The number of nitrogens with zero attached hydrogens (tertiary/aromatic N) is 1. The predicted molar refractivity (Wildman–Crippen MR) is 65.6 cm³/mol. The number of hydrogen-bond donors (Lipinski definition) is 1. The first kappa shape index (κ1) is 11.2. The van der Waals surface area contributed by atoms with Crippen LogP contribution in [0.4, 0.5) is 5.69 Å². The Bertz CT molecular complexity index is 344. The van der Waals surface area contributed by atoms with Crippen LogP contribution in [-0.2, 0) is 0 Å². The summed E-state index contributed by atoms with van der Waals surface area (Å²) in [7, 11) is 1.64. The summed E-state index contributed by atoms with van der Waals surface area (Å²) in [4.78, 5) is 4.52. The van der Waals surface area contributed by atoms with E-state index in [-0.39, 0.29) is 0 Å². The molecule has 1 aliphatic rings. The van der Waals surface area contributed by atoms with Crippen molar-refractivity contribution in [3.05, 3.63) is 17.8 Å². The van der Waals surface area contributed by atoms with Gasteiger partial charge in [0.2, 0.25) is 5.88 Å². The summed E-state index contributed by atoms with van der Waals surface area (Å²) in [6.45, 7) is 0. The molecule has 88 valence electrons. The molecule has 0 spiro atoms. The van der Waals surface area contributed by atoms with E-state index in [2.05, 4.69) is 4.98 Å². The van der Waals surface area contributed by atoms with Gasteiger partial charge >= 0.3 is 0 Å². The Morgan fingerprint density at radius 3 is 2.50 bits per heavy atom. The minimum Gasteiger partial charge on any atom is -0.481 e. The zero-order valence-electron chi connectivity index (χ0n) is 9.91. The molecule has 0 radical (unpaired) electrons. The van der Waals surface area contributed by atoms with Gasteiger partial charge in [-0.05, 0) is 18.9 Å². The van der Waals surface area contributed by atoms with Crippen molar-refractivity contribution in [3.63, 3.8) is 0 Å². The maximum Gasteiger partial charge on any atom is 0.215 e. The molecule has 1 saturated carbocycles. The van der Waals surface area contributed by atoms with Crippen LogP contribution in [0.15, 0.2) is 12.1 Å². The highest BCUT2D eigenvalue weighted by atomic mass is 16.5. The van der Waals surface area contributed by atoms with Crippen LogP contribution in [0.1, 0.15) is 50.1 Å². The lowest BCUT2D eigenvalue weighted by Crippen LogP contribution is -2.03. The second kappa shape index (κ2) is 5.19. The van der Waals surface area contributed by atoms with E-state index in [4.69, 9.17) is 10.5 Å². The zero-order chi connectivity index (χ0) is 11.4. The number of methoxy groups -OCH3 is 1. The average Bonchev–Trinajstić information content (AvgIpc) is 2.56. The molecule has 0 saturated heterocycles. The topological polar surface area (TPSA) is 48.1 Å². The minimum atomic E-state index is 0.569. The fraction of sp³-hybridized carbons (Fsp3) is 0.615. The van der Waals surface area contributed by atoms with E-state index in [9.17, 15) is 0 Å². The summed E-state index contributed by atoms with van der Waals surface area (Å²) in [5.41, 5.74) is 7.73. The SMILES string of the molecule is COc1cc(N)cc(C2CCCCCC2)n1. The summed E-state index contributed by atoms with van der Waals surface area (Å²) >= 11 is 0. The Morgan fingerprint density at radius 2 is 1.88 bits per heavy atom. The summed E-state index contributed by atoms with van der Waals surface area (Å²) < 4.78 is 5.17. The Morgan fingerprint density at radius 1 is 1.19 bits per heavy atom. The second-order valence-corrected chi connectivity index (χ2v) is 4.56. The van der Waals surface area contributed by atoms with E-state index < -0.39 is 0 Å². The molecule has 0 unspecified atom stereocenters. The molecule has 3 heteroatoms. The lowest BCUT2D eigenvalue weighted by molar-refractivity contribution is 0.394. The van der Waals surface area contributed by atoms with Gasteiger partial charge in [-0.1, -0.05) is 25.7 Å². The first-order valence-electron chi connectivity index (χ1n) is 6.11. The third-order valence-electron chi connectivity index (χ3n) is 3.33. The number of ether oxygens (including phenoxy) is 1. The van der Waals surface area contributed by atoms with Gasteiger partial charge in [0, 0.05) is 23.4 Å². The number of nitrogens with two attached hydrogens (primary N) is 1. The van der Waals surface area contributed by atoms with Gasteiger partial charge in [0.05, 0.1) is 7.11 Å². The van der Waals surface area contributed by atoms with Crippen molar-refractivity contribution in [2.24, 2.45) is 0 Å². The fourth-order valence-electron chi connectivity index (χ4n) is 2.44. The molecule has 2 rings (SSSR count). The van der Waals surface area contributed by atoms with Crippen molar-refractivity contribution in [2.45, 2.75) is 44.4 Å². The van der Waals surface area contributed by atoms with Crippen LogP contribution in [0, 0.1) is 0 Å². The summed E-state index contributed by atoms with van der Waals surface area (Å²) in [5, 5.41) is 0. The minimum absolute atomic E-state index is 0.569. The highest BCUT2D eigenvalue weighted by Crippen LogP contribution is 2.32. The van der Waals surface area contributed by atoms with E-state index in [1.807, 2.05) is 6.07 Å². The molecule has 0 atom stereocenters. The van der Waals surface area contributed by atoms with Crippen molar-refractivity contribution >= 4 is 5.69 Å². The van der Waals surface area contributed by atoms with Gasteiger partial charge in [-0.25, -0.2) is 4.98 Å². The third kappa shape index (κ3) is 2.65. The van der Waals surface area contributed by atoms with Crippen molar-refractivity contribution in [1.82, 2.24) is 4.98 Å². The van der Waals surface area contributed by atoms with Gasteiger partial charge in [0.25, 0.3) is 0 Å². The standard InChI is InChI=1S/C13H20N2O/c1-16-13-9-11(14)8-12(15-13)10-6-4-2-3-5-7-10/h8-10H,2-7H2,1H3,(H2,14,15). The van der Waals surface area contributed by atoms with Crippen LogP contribution in [0.25, 0.3) is 0 Å². The zero-order valence-corrected chi connectivity index (χ0v) is 9.91. The molecular formula is C13H20N2O. The van der Waals surface area contributed by atoms with Crippen molar-refractivity contribution < 1.29 is 4.74 Å². The molecule has 2 N–H and O–H groups in total. The van der Waals surface area contributed by atoms with Gasteiger partial charge in [-0.15, -0.1) is 0 Å². The molecule has 1 aromatic heterocycles. The third-order valence-corrected chi connectivity index (χ3v) is 3.33. The van der Waals surface area contributed by atoms with Gasteiger partial charge < -0.3 is 10.5 Å². The van der Waals surface area contributed by atoms with Gasteiger partial charge in [-0.3, -0.25) is 0 Å². The summed E-state index contributed by atoms with van der Waals surface area (Å²) in [6, 6.07) is 3.78. The van der Waals surface area contributed by atoms with Crippen LogP contribution < -0.4 is 10.5 Å². The van der Waals surface area contributed by atoms with Crippen molar-refractivity contribution in [3.8, 4) is 5.88 Å². The van der Waals surface area contributed by atoms with E-state index in [0.29, 0.717) is 11.8 Å². The number of rotatable bonds is 2. The van der Waals surface area contributed by atoms with Crippen LogP contribution in [0.2, 0.25) is 0 Å². The van der Waals surface area contributed by atoms with Gasteiger partial charge in [-0.2, -0.15) is 0 Å². The van der Waals surface area contributed by atoms with Crippen LogP contribution >= 0.6 is 0 Å². The molecule has 1 fully saturated rings. The molecule has 0 amide bonds. The maximum absolute atomic E-state index is 5.86. The second-order valence-electron chi connectivity index (χ2n) is 4.56. The Kier molecular flexibility index (Phi) is 3.65. The normalized spacial score (nSPS) is 18.1. The molecule has 16 heavy (non-hydrogen) atoms. The number of nitrogen functional groups attached to an aromatic ring is 1. The summed E-state index contributed by atoms with van der Waals surface area (Å²) in [6.07, 6.45) is 7.80. The smallest absolute Gasteiger partial charge is 0.215 e. The van der Waals surface area contributed by atoms with Crippen LogP contribution in [-0.4, -0.2) is 12.1 Å². The first-order chi connectivity index (χ1) is 7.79. The molecule has 1 aliphatic carbocycles. The van der Waals surface area contributed by atoms with Crippen molar-refractivity contribution in [2.75, 3.05) is 12.8 Å². The molecule has 1 heterocycles. The molecule has 3 nitrogen and oxygen atoms in total. The van der Waals surface area contributed by atoms with E-state index in [1.165, 1.54) is 38.5 Å². The monoisotopic (exact) mass is 220 g/mol. The Labute approximate surface area is 97.0 Å². The van der Waals surface area contributed by atoms with Crippen LogP contribution in [0.5, 0.6) is 5.88 Å². The molecule has 0 aliphatic heterocycles. The van der Waals surface area contributed by atoms with Gasteiger partial charge in [0.15, 0.2) is 0 Å². The quantitative estimate of drug-likeness (QED) is 0.779. The van der Waals surface area contributed by atoms with Crippen molar-refractivity contribution in [1.29, 1.82) is 0 Å². The first-order valence-corrected chi connectivity index (χ1v) is 6.11. The molecular weight excluding hydrogens is 200 g/mol. The highest BCUT2D eigenvalue weighted by Gasteiger charge is 2.16. The molecule has 0 bridgehead atoms. The molecule has 0 aromatic carbocycles. The number of aromatic nitrogens is 1. The Hall–Kier alpha value is -1.25. The summed E-state index contributed by atoms with van der Waals surface area (Å²) in [5.74, 6) is 1.21. The average molecular weight is 220 g/mol. The Balaban J connectivity index is 2.20. The fourth-order valence-corrected chi connectivity index (χ4v) is 2.44. The predicted octanol–water partition coefficient (Wildman–Crippen LogP) is 3.11. The lowest BCUT2D eigenvalue weighted by Gasteiger charge is -2.14. The lowest BCUT2D eigenvalue weighted by atomic mass is 9.96. The van der Waals surface area contributed by atoms with E-state index >= 15 is 0 Å². The number of anilines is 1. The molecule has 1 aromatic rings. The largest absolute Gasteiger partial charge is 0.481 e. The highest BCUT2D eigenvalue weighted by molar-refractivity contribution is 5.43. The van der Waals surface area contributed by atoms with Crippen LogP contribution in [0.3, 0.4) is 0 Å². The number of pyridine rings is 1. The number of hydrogen-bond acceptors (Lipinski definition) is 3. The van der Waals surface area contributed by atoms with E-state index in [1.54, 1.807) is 13.2 Å². The van der Waals surface area contributed by atoms with E-state index in [0.717, 1.165) is 11.4 Å².